The lowest BCUT2D eigenvalue weighted by atomic mass is 9.78. The number of esters is 1. The zero-order valence-electron chi connectivity index (χ0n) is 42.4. The van der Waals surface area contributed by atoms with Crippen molar-refractivity contribution in [2.45, 2.75) is 180 Å². The normalized spacial score (nSPS) is 39.2. The molecule has 15 unspecified atom stereocenters. The Morgan fingerprint density at radius 2 is 1.59 bits per heavy atom. The molecule has 3 aliphatic heterocycles. The highest BCUT2D eigenvalue weighted by molar-refractivity contribution is 6.39. The van der Waals surface area contributed by atoms with Crippen LogP contribution in [-0.2, 0) is 52.4 Å². The number of rotatable bonds is 9. The van der Waals surface area contributed by atoms with Crippen molar-refractivity contribution >= 4 is 29.2 Å². The molecule has 0 aromatic rings. The summed E-state index contributed by atoms with van der Waals surface area (Å²) in [6.07, 6.45) is 12.0. The minimum absolute atomic E-state index is 0.0158. The fourth-order valence-corrected chi connectivity index (χ4v) is 10.5. The number of Topliss-reactive ketones (excluding diaryl/α,β-unsaturated/α-hetero) is 3. The highest BCUT2D eigenvalue weighted by atomic mass is 16.6. The second kappa shape index (κ2) is 27.3. The molecule has 0 aromatic carbocycles. The molecule has 3 N–H and O–H groups in total. The van der Waals surface area contributed by atoms with Gasteiger partial charge in [-0.05, 0) is 107 Å². The first kappa shape index (κ1) is 57.2. The number of piperidine rings is 1. The minimum Gasteiger partial charge on any atom is -0.460 e. The standard InChI is InChI=1S/C53H83NO14/c1-32-16-12-11-13-17-33(2)44(63-8)30-40-21-19-38(7)53(62,68-40)50(59)51(60)54-23-15-14-18-41(54)52(61)67-45(35(4)28-39-20-22-43(66-25-24-55)46(29-39)64-9)31-42(56)34(3)27-37(6)48(58)49(65-10)47(57)36(5)26-32/h11-13,16-17,27,32,34-36,38-41,43-46,48-49,55,58,62H,14-15,18-26,28-31H2,1-10H3/b13-11+,16-12+,33-17-,37-27-. The Labute approximate surface area is 405 Å². The van der Waals surface area contributed by atoms with Crippen LogP contribution < -0.4 is 0 Å². The lowest BCUT2D eigenvalue weighted by Crippen LogP contribution is -2.61. The Kier molecular flexibility index (Phi) is 22.9. The number of ether oxygens (including phenoxy) is 6. The molecule has 0 aromatic heterocycles. The number of aliphatic hydroxyl groups excluding tert-OH is 2. The molecule has 0 radical (unpaired) electrons. The summed E-state index contributed by atoms with van der Waals surface area (Å²) in [4.78, 5) is 72.1. The molecule has 15 heteroatoms. The van der Waals surface area contributed by atoms with Gasteiger partial charge in [0.05, 0.1) is 37.6 Å². The lowest BCUT2D eigenvalue weighted by Gasteiger charge is -2.42. The van der Waals surface area contributed by atoms with E-state index in [-0.39, 0.29) is 74.1 Å². The van der Waals surface area contributed by atoms with Gasteiger partial charge in [-0.25, -0.2) is 4.79 Å². The van der Waals surface area contributed by atoms with Crippen molar-refractivity contribution in [3.63, 3.8) is 0 Å². The number of cyclic esters (lactones) is 1. The molecule has 68 heavy (non-hydrogen) atoms. The first-order valence-electron chi connectivity index (χ1n) is 25.0. The van der Waals surface area contributed by atoms with E-state index in [1.54, 1.807) is 41.1 Å². The van der Waals surface area contributed by atoms with Crippen LogP contribution >= 0.6 is 0 Å². The number of hydrogen-bond donors (Lipinski definition) is 3. The van der Waals surface area contributed by atoms with Crippen molar-refractivity contribution in [3.05, 3.63) is 47.6 Å². The number of methoxy groups -OCH3 is 3. The maximum absolute atomic E-state index is 14.5. The number of fused-ring (bicyclic) bond motifs is 3. The number of carbonyl (C=O) groups is 5. The molecule has 4 aliphatic rings. The Morgan fingerprint density at radius 3 is 2.26 bits per heavy atom. The summed E-state index contributed by atoms with van der Waals surface area (Å²) in [6.45, 7) is 12.9. The third-order valence-electron chi connectivity index (χ3n) is 14.9. The van der Waals surface area contributed by atoms with Gasteiger partial charge in [0.1, 0.15) is 30.1 Å². The number of amides is 1. The van der Waals surface area contributed by atoms with Crippen LogP contribution in [0.15, 0.2) is 47.6 Å². The van der Waals surface area contributed by atoms with E-state index in [0.29, 0.717) is 63.4 Å². The van der Waals surface area contributed by atoms with Crippen LogP contribution in [0.25, 0.3) is 0 Å². The van der Waals surface area contributed by atoms with Gasteiger partial charge in [-0.3, -0.25) is 19.2 Å². The van der Waals surface area contributed by atoms with Gasteiger partial charge in [0.25, 0.3) is 11.7 Å². The first-order valence-corrected chi connectivity index (χ1v) is 25.0. The molecule has 4 rings (SSSR count). The van der Waals surface area contributed by atoms with E-state index >= 15 is 0 Å². The molecule has 1 saturated carbocycles. The predicted molar refractivity (Wildman–Crippen MR) is 256 cm³/mol. The number of nitrogens with zero attached hydrogens (tertiary/aromatic N) is 1. The first-order chi connectivity index (χ1) is 32.3. The van der Waals surface area contributed by atoms with E-state index in [2.05, 4.69) is 0 Å². The third-order valence-corrected chi connectivity index (χ3v) is 14.9. The van der Waals surface area contributed by atoms with E-state index in [9.17, 15) is 39.3 Å². The van der Waals surface area contributed by atoms with E-state index in [4.69, 9.17) is 28.4 Å². The van der Waals surface area contributed by atoms with Crippen LogP contribution in [0.1, 0.15) is 126 Å². The Hall–Kier alpha value is -3.41. The maximum Gasteiger partial charge on any atom is 0.329 e. The summed E-state index contributed by atoms with van der Waals surface area (Å²) in [5.41, 5.74) is 1.26. The number of hydrogen-bond acceptors (Lipinski definition) is 14. The fourth-order valence-electron chi connectivity index (χ4n) is 10.5. The van der Waals surface area contributed by atoms with Crippen molar-refractivity contribution in [1.82, 2.24) is 4.90 Å². The van der Waals surface area contributed by atoms with Gasteiger partial charge in [-0.1, -0.05) is 71.1 Å². The minimum atomic E-state index is -2.43. The van der Waals surface area contributed by atoms with Crippen molar-refractivity contribution in [2.24, 2.45) is 35.5 Å². The topological polar surface area (TPSA) is 205 Å². The largest absolute Gasteiger partial charge is 0.460 e. The van der Waals surface area contributed by atoms with E-state index in [0.717, 1.165) is 12.0 Å². The molecular formula is C53H83NO14. The molecule has 2 bridgehead atoms. The quantitative estimate of drug-likeness (QED) is 0.134. The number of ketones is 3. The molecule has 3 heterocycles. The number of carbonyl (C=O) groups excluding carboxylic acids is 5. The van der Waals surface area contributed by atoms with Gasteiger partial charge in [0.15, 0.2) is 5.78 Å². The van der Waals surface area contributed by atoms with Gasteiger partial charge in [-0.2, -0.15) is 0 Å². The zero-order valence-corrected chi connectivity index (χ0v) is 42.4. The summed E-state index contributed by atoms with van der Waals surface area (Å²) in [5, 5.41) is 32.8. The number of aliphatic hydroxyl groups is 3. The summed E-state index contributed by atoms with van der Waals surface area (Å²) in [7, 11) is 4.58. The van der Waals surface area contributed by atoms with Crippen molar-refractivity contribution in [2.75, 3.05) is 41.1 Å². The molecule has 3 fully saturated rings. The average molecular weight is 958 g/mol. The molecule has 2 saturated heterocycles. The van der Waals surface area contributed by atoms with Gasteiger partial charge < -0.3 is 48.6 Å². The summed E-state index contributed by atoms with van der Waals surface area (Å²) >= 11 is 0. The molecule has 15 atom stereocenters. The van der Waals surface area contributed by atoms with Crippen LogP contribution in [0.2, 0.25) is 0 Å². The molecule has 0 spiro atoms. The van der Waals surface area contributed by atoms with Crippen molar-refractivity contribution in [3.8, 4) is 0 Å². The van der Waals surface area contributed by atoms with E-state index in [1.807, 2.05) is 58.1 Å². The number of allylic oxidation sites excluding steroid dienone is 6. The van der Waals surface area contributed by atoms with Gasteiger partial charge in [0, 0.05) is 58.5 Å². The molecule has 1 amide bonds. The Balaban J connectivity index is 1.70. The van der Waals surface area contributed by atoms with Crippen LogP contribution in [-0.4, -0.2) is 145 Å². The van der Waals surface area contributed by atoms with Gasteiger partial charge >= 0.3 is 5.97 Å². The fraction of sp³-hybridized carbons (Fsp3) is 0.755. The molecule has 384 valence electrons. The van der Waals surface area contributed by atoms with Crippen LogP contribution in [0, 0.1) is 35.5 Å². The smallest absolute Gasteiger partial charge is 0.329 e. The molecule has 15 nitrogen and oxygen atoms in total. The van der Waals surface area contributed by atoms with Crippen LogP contribution in [0.4, 0.5) is 0 Å². The Morgan fingerprint density at radius 1 is 0.853 bits per heavy atom. The van der Waals surface area contributed by atoms with E-state index < -0.39 is 77.8 Å². The zero-order chi connectivity index (χ0) is 50.3. The SMILES string of the molecule is COC1CC2CCC(C)C(O)(O2)C(=O)C(=O)N2CCCCC2C(=O)OC(C(C)CC2CCC(OCCO)C(OC)C2)CC(=O)C(C)/C=C(/C)C(O)C(OC)C(=O)C(C)CC(C)/C=C/C=C/C=C\1C. The second-order valence-corrected chi connectivity index (χ2v) is 20.2. The third kappa shape index (κ3) is 15.3. The molecule has 1 aliphatic carbocycles. The summed E-state index contributed by atoms with van der Waals surface area (Å²) in [5.74, 6) is -7.96. The lowest BCUT2D eigenvalue weighted by molar-refractivity contribution is -0.265. The van der Waals surface area contributed by atoms with Crippen LogP contribution in [0.3, 0.4) is 0 Å². The van der Waals surface area contributed by atoms with Gasteiger partial charge in [0.2, 0.25) is 5.79 Å². The molecular weight excluding hydrogens is 875 g/mol. The van der Waals surface area contributed by atoms with Crippen molar-refractivity contribution in [1.29, 1.82) is 0 Å². The van der Waals surface area contributed by atoms with Crippen molar-refractivity contribution < 1.29 is 67.7 Å². The highest BCUT2D eigenvalue weighted by Crippen LogP contribution is 2.38. The highest BCUT2D eigenvalue weighted by Gasteiger charge is 2.53. The second-order valence-electron chi connectivity index (χ2n) is 20.2. The van der Waals surface area contributed by atoms with E-state index in [1.165, 1.54) is 12.0 Å². The Bertz CT molecular complexity index is 1810. The summed E-state index contributed by atoms with van der Waals surface area (Å²) in [6, 6.07) is -1.14. The summed E-state index contributed by atoms with van der Waals surface area (Å²) < 4.78 is 35.6. The predicted octanol–water partition coefficient (Wildman–Crippen LogP) is 6.20. The van der Waals surface area contributed by atoms with Crippen LogP contribution in [0.5, 0.6) is 0 Å². The monoisotopic (exact) mass is 958 g/mol. The maximum atomic E-state index is 14.5. The van der Waals surface area contributed by atoms with Gasteiger partial charge in [-0.15, -0.1) is 0 Å². The average Bonchev–Trinajstić information content (AvgIpc) is 3.32.